The minimum absolute atomic E-state index is 0.152. The minimum atomic E-state index is -1.01. The Morgan fingerprint density at radius 3 is 2.29 bits per heavy atom. The van der Waals surface area contributed by atoms with Gasteiger partial charge in [-0.05, 0) is 24.5 Å². The summed E-state index contributed by atoms with van der Waals surface area (Å²) in [5, 5.41) is 11.5. The zero-order valence-corrected chi connectivity index (χ0v) is 10.2. The molecule has 0 bridgehead atoms. The first-order valence-corrected chi connectivity index (χ1v) is 5.52. The second-order valence-corrected chi connectivity index (χ2v) is 4.35. The first-order chi connectivity index (χ1) is 7.93. The molecule has 1 rings (SSSR count). The molecule has 2 N–H and O–H groups in total. The van der Waals surface area contributed by atoms with Crippen LogP contribution in [0.2, 0.25) is 0 Å². The number of amides is 1. The highest BCUT2D eigenvalue weighted by molar-refractivity contribution is 5.97. The molecule has 1 atom stereocenters. The molecule has 0 aliphatic rings. The number of carboxylic acids is 1. The Balaban J connectivity index is 2.85. The molecular weight excluding hydrogens is 218 g/mol. The Kier molecular flexibility index (Phi) is 4.26. The fourth-order valence-corrected chi connectivity index (χ4v) is 1.56. The third-order valence-corrected chi connectivity index (χ3v) is 2.61. The van der Waals surface area contributed by atoms with Gasteiger partial charge in [0.15, 0.2) is 0 Å². The first-order valence-electron chi connectivity index (χ1n) is 5.52. The van der Waals surface area contributed by atoms with E-state index in [1.54, 1.807) is 26.0 Å². The quantitative estimate of drug-likeness (QED) is 0.836. The van der Waals surface area contributed by atoms with Gasteiger partial charge in [0.25, 0.3) is 5.91 Å². The van der Waals surface area contributed by atoms with Crippen LogP contribution in [-0.4, -0.2) is 23.0 Å². The highest BCUT2D eigenvalue weighted by Crippen LogP contribution is 2.09. The van der Waals surface area contributed by atoms with Gasteiger partial charge < -0.3 is 10.4 Å². The fourth-order valence-electron chi connectivity index (χ4n) is 1.56. The Morgan fingerprint density at radius 2 is 1.82 bits per heavy atom. The predicted octanol–water partition coefficient (Wildman–Crippen LogP) is 1.83. The monoisotopic (exact) mass is 235 g/mol. The van der Waals surface area contributed by atoms with Crippen LogP contribution < -0.4 is 5.32 Å². The van der Waals surface area contributed by atoms with Crippen LogP contribution in [0.25, 0.3) is 0 Å². The Labute approximate surface area is 101 Å². The van der Waals surface area contributed by atoms with Crippen LogP contribution >= 0.6 is 0 Å². The van der Waals surface area contributed by atoms with Crippen molar-refractivity contribution in [3.63, 3.8) is 0 Å². The summed E-state index contributed by atoms with van der Waals surface area (Å²) in [5.41, 5.74) is 1.34. The highest BCUT2D eigenvalue weighted by Gasteiger charge is 2.24. The van der Waals surface area contributed by atoms with Gasteiger partial charge in [0.2, 0.25) is 0 Å². The van der Waals surface area contributed by atoms with E-state index in [-0.39, 0.29) is 11.8 Å². The molecular formula is C13H17NO3. The first kappa shape index (κ1) is 13.2. The van der Waals surface area contributed by atoms with Crippen LogP contribution in [0.4, 0.5) is 0 Å². The van der Waals surface area contributed by atoms with Crippen molar-refractivity contribution in [2.75, 3.05) is 0 Å². The lowest BCUT2D eigenvalue weighted by molar-refractivity contribution is -0.140. The van der Waals surface area contributed by atoms with E-state index in [9.17, 15) is 9.59 Å². The molecule has 0 aliphatic carbocycles. The van der Waals surface area contributed by atoms with E-state index in [2.05, 4.69) is 5.32 Å². The van der Waals surface area contributed by atoms with Crippen molar-refractivity contribution in [1.82, 2.24) is 5.32 Å². The van der Waals surface area contributed by atoms with Crippen molar-refractivity contribution < 1.29 is 14.7 Å². The maximum atomic E-state index is 11.9. The second kappa shape index (κ2) is 5.48. The van der Waals surface area contributed by atoms with Gasteiger partial charge in [-0.1, -0.05) is 32.0 Å². The van der Waals surface area contributed by atoms with Gasteiger partial charge in [0.1, 0.15) is 6.04 Å². The van der Waals surface area contributed by atoms with Gasteiger partial charge in [0.05, 0.1) is 0 Å². The fraction of sp³-hybridized carbons (Fsp3) is 0.385. The molecule has 0 unspecified atom stereocenters. The van der Waals surface area contributed by atoms with E-state index in [0.717, 1.165) is 5.56 Å². The number of aryl methyl sites for hydroxylation is 1. The molecule has 92 valence electrons. The number of hydrogen-bond acceptors (Lipinski definition) is 2. The van der Waals surface area contributed by atoms with Gasteiger partial charge in [0, 0.05) is 5.56 Å². The SMILES string of the molecule is Cc1ccccc1C(=O)N[C@H](C(=O)O)C(C)C. The van der Waals surface area contributed by atoms with Crippen molar-refractivity contribution in [3.05, 3.63) is 35.4 Å². The van der Waals surface area contributed by atoms with Crippen molar-refractivity contribution in [1.29, 1.82) is 0 Å². The smallest absolute Gasteiger partial charge is 0.326 e. The van der Waals surface area contributed by atoms with Gasteiger partial charge >= 0.3 is 5.97 Å². The average Bonchev–Trinajstić information content (AvgIpc) is 2.25. The molecule has 0 heterocycles. The number of carbonyl (C=O) groups is 2. The topological polar surface area (TPSA) is 66.4 Å². The summed E-state index contributed by atoms with van der Waals surface area (Å²) in [7, 11) is 0. The molecule has 1 amide bonds. The lowest BCUT2D eigenvalue weighted by atomic mass is 10.0. The predicted molar refractivity (Wildman–Crippen MR) is 64.9 cm³/mol. The molecule has 0 saturated carbocycles. The Bertz CT molecular complexity index is 426. The summed E-state index contributed by atoms with van der Waals surface area (Å²) >= 11 is 0. The van der Waals surface area contributed by atoms with Crippen molar-refractivity contribution in [2.45, 2.75) is 26.8 Å². The van der Waals surface area contributed by atoms with E-state index in [1.165, 1.54) is 0 Å². The summed E-state index contributed by atoms with van der Waals surface area (Å²) in [6, 6.07) is 6.24. The van der Waals surface area contributed by atoms with E-state index in [4.69, 9.17) is 5.11 Å². The van der Waals surface area contributed by atoms with Crippen LogP contribution in [0.5, 0.6) is 0 Å². The third-order valence-electron chi connectivity index (χ3n) is 2.61. The zero-order chi connectivity index (χ0) is 13.0. The lowest BCUT2D eigenvalue weighted by Crippen LogP contribution is -2.44. The third kappa shape index (κ3) is 3.31. The maximum Gasteiger partial charge on any atom is 0.326 e. The van der Waals surface area contributed by atoms with Crippen LogP contribution in [-0.2, 0) is 4.79 Å². The molecule has 0 radical (unpaired) electrons. The Morgan fingerprint density at radius 1 is 1.24 bits per heavy atom. The number of nitrogens with one attached hydrogen (secondary N) is 1. The number of hydrogen-bond donors (Lipinski definition) is 2. The number of carboxylic acid groups (broad SMARTS) is 1. The largest absolute Gasteiger partial charge is 0.480 e. The molecule has 1 aromatic carbocycles. The Hall–Kier alpha value is -1.84. The van der Waals surface area contributed by atoms with Crippen LogP contribution in [0, 0.1) is 12.8 Å². The molecule has 1 aromatic rings. The summed E-state index contributed by atoms with van der Waals surface area (Å²) in [6.07, 6.45) is 0. The van der Waals surface area contributed by atoms with Gasteiger partial charge in [-0.25, -0.2) is 4.79 Å². The molecule has 0 saturated heterocycles. The van der Waals surface area contributed by atoms with E-state index >= 15 is 0 Å². The minimum Gasteiger partial charge on any atom is -0.480 e. The van der Waals surface area contributed by atoms with Crippen LogP contribution in [0.3, 0.4) is 0 Å². The van der Waals surface area contributed by atoms with Crippen LogP contribution in [0.1, 0.15) is 29.8 Å². The van der Waals surface area contributed by atoms with Gasteiger partial charge in [-0.3, -0.25) is 4.79 Å². The molecule has 0 aliphatic heterocycles. The molecule has 0 fully saturated rings. The van der Waals surface area contributed by atoms with Gasteiger partial charge in [-0.2, -0.15) is 0 Å². The summed E-state index contributed by atoms with van der Waals surface area (Å²) in [5.74, 6) is -1.51. The maximum absolute atomic E-state index is 11.9. The number of rotatable bonds is 4. The van der Waals surface area contributed by atoms with Crippen LogP contribution in [0.15, 0.2) is 24.3 Å². The van der Waals surface area contributed by atoms with E-state index < -0.39 is 12.0 Å². The molecule has 4 heteroatoms. The number of aliphatic carboxylic acids is 1. The standard InChI is InChI=1S/C13H17NO3/c1-8(2)11(13(16)17)14-12(15)10-7-5-4-6-9(10)3/h4-8,11H,1-3H3,(H,14,15)(H,16,17)/t11-/m0/s1. The number of carbonyl (C=O) groups excluding carboxylic acids is 1. The lowest BCUT2D eigenvalue weighted by Gasteiger charge is -2.18. The molecule has 0 spiro atoms. The molecule has 4 nitrogen and oxygen atoms in total. The van der Waals surface area contributed by atoms with E-state index in [0.29, 0.717) is 5.56 Å². The molecule has 17 heavy (non-hydrogen) atoms. The summed E-state index contributed by atoms with van der Waals surface area (Å²) in [6.45, 7) is 5.34. The number of benzene rings is 1. The second-order valence-electron chi connectivity index (χ2n) is 4.35. The summed E-state index contributed by atoms with van der Waals surface area (Å²) in [4.78, 5) is 22.9. The van der Waals surface area contributed by atoms with Crippen molar-refractivity contribution in [3.8, 4) is 0 Å². The molecule has 0 aromatic heterocycles. The zero-order valence-electron chi connectivity index (χ0n) is 10.2. The average molecular weight is 235 g/mol. The summed E-state index contributed by atoms with van der Waals surface area (Å²) < 4.78 is 0. The van der Waals surface area contributed by atoms with Crippen molar-refractivity contribution >= 4 is 11.9 Å². The normalized spacial score (nSPS) is 12.2. The van der Waals surface area contributed by atoms with Crippen molar-refractivity contribution in [2.24, 2.45) is 5.92 Å². The van der Waals surface area contributed by atoms with E-state index in [1.807, 2.05) is 19.1 Å². The highest BCUT2D eigenvalue weighted by atomic mass is 16.4. The van der Waals surface area contributed by atoms with Gasteiger partial charge in [-0.15, -0.1) is 0 Å².